The Labute approximate surface area is 96.1 Å². The van der Waals surface area contributed by atoms with Gasteiger partial charge in [0.1, 0.15) is 24.9 Å². The minimum atomic E-state index is -0.289. The lowest BCUT2D eigenvalue weighted by Crippen LogP contribution is -2.27. The molecule has 0 spiro atoms. The Bertz CT molecular complexity index is 597. The Hall–Kier alpha value is -2.69. The van der Waals surface area contributed by atoms with E-state index >= 15 is 0 Å². The predicted octanol–water partition coefficient (Wildman–Crippen LogP) is -0.952. The van der Waals surface area contributed by atoms with E-state index in [0.717, 1.165) is 0 Å². The standard InChI is InChI=1S/C9H9N7O/c10-1-2-12-6(17)3-16-5-15-7-8(11)13-4-14-9(7)16/h4-5H,2-3H2,(H,12,17)(H2,11,13,14). The first kappa shape index (κ1) is 10.8. The molecule has 2 rings (SSSR count). The van der Waals surface area contributed by atoms with Crippen LogP contribution in [0.15, 0.2) is 12.7 Å². The number of nitrogen functional groups attached to an aromatic ring is 1. The van der Waals surface area contributed by atoms with E-state index < -0.39 is 0 Å². The van der Waals surface area contributed by atoms with E-state index in [1.807, 2.05) is 6.07 Å². The van der Waals surface area contributed by atoms with Crippen LogP contribution in [0.5, 0.6) is 0 Å². The molecule has 0 fully saturated rings. The first-order valence-corrected chi connectivity index (χ1v) is 4.77. The quantitative estimate of drug-likeness (QED) is 0.656. The van der Waals surface area contributed by atoms with Crippen molar-refractivity contribution in [2.75, 3.05) is 12.3 Å². The SMILES string of the molecule is N#CCNC(=O)Cn1cnc2c(N)ncnc21. The monoisotopic (exact) mass is 231 g/mol. The molecule has 2 heterocycles. The zero-order valence-electron chi connectivity index (χ0n) is 8.79. The molecule has 2 aromatic heterocycles. The number of aromatic nitrogens is 4. The zero-order chi connectivity index (χ0) is 12.3. The Morgan fingerprint density at radius 2 is 2.35 bits per heavy atom. The molecule has 17 heavy (non-hydrogen) atoms. The fraction of sp³-hybridized carbons (Fsp3) is 0.222. The van der Waals surface area contributed by atoms with Crippen molar-refractivity contribution in [2.45, 2.75) is 6.54 Å². The Balaban J connectivity index is 2.23. The summed E-state index contributed by atoms with van der Waals surface area (Å²) < 4.78 is 1.54. The molecule has 3 N–H and O–H groups in total. The van der Waals surface area contributed by atoms with Gasteiger partial charge in [-0.3, -0.25) is 4.79 Å². The molecule has 0 aliphatic carbocycles. The van der Waals surface area contributed by atoms with Crippen LogP contribution in [-0.2, 0) is 11.3 Å². The maximum absolute atomic E-state index is 11.4. The van der Waals surface area contributed by atoms with Crippen molar-refractivity contribution in [3.8, 4) is 6.07 Å². The molecule has 0 aliphatic heterocycles. The summed E-state index contributed by atoms with van der Waals surface area (Å²) in [6.07, 6.45) is 2.77. The number of rotatable bonds is 3. The van der Waals surface area contributed by atoms with Gasteiger partial charge in [0, 0.05) is 0 Å². The average molecular weight is 231 g/mol. The molecule has 0 radical (unpaired) electrons. The summed E-state index contributed by atoms with van der Waals surface area (Å²) in [5.74, 6) is -0.0192. The van der Waals surface area contributed by atoms with Gasteiger partial charge in [0.2, 0.25) is 5.91 Å². The molecule has 2 aromatic rings. The number of imidazole rings is 1. The van der Waals surface area contributed by atoms with Crippen LogP contribution in [0.1, 0.15) is 0 Å². The number of hydrogen-bond acceptors (Lipinski definition) is 6. The van der Waals surface area contributed by atoms with Crippen molar-refractivity contribution in [1.29, 1.82) is 5.26 Å². The second-order valence-corrected chi connectivity index (χ2v) is 3.24. The van der Waals surface area contributed by atoms with E-state index in [-0.39, 0.29) is 24.8 Å². The highest BCUT2D eigenvalue weighted by Crippen LogP contribution is 2.13. The van der Waals surface area contributed by atoms with Gasteiger partial charge >= 0.3 is 0 Å². The van der Waals surface area contributed by atoms with E-state index in [4.69, 9.17) is 11.0 Å². The number of nitriles is 1. The van der Waals surface area contributed by atoms with Gasteiger partial charge in [-0.25, -0.2) is 15.0 Å². The minimum Gasteiger partial charge on any atom is -0.382 e. The second-order valence-electron chi connectivity index (χ2n) is 3.24. The molecule has 0 aliphatic rings. The van der Waals surface area contributed by atoms with Crippen LogP contribution in [-0.4, -0.2) is 32.0 Å². The van der Waals surface area contributed by atoms with Crippen LogP contribution in [0.3, 0.4) is 0 Å². The van der Waals surface area contributed by atoms with Crippen LogP contribution >= 0.6 is 0 Å². The van der Waals surface area contributed by atoms with Crippen LogP contribution in [0.25, 0.3) is 11.2 Å². The lowest BCUT2D eigenvalue weighted by molar-refractivity contribution is -0.121. The highest BCUT2D eigenvalue weighted by Gasteiger charge is 2.10. The number of nitrogens with zero attached hydrogens (tertiary/aromatic N) is 5. The van der Waals surface area contributed by atoms with Gasteiger partial charge in [0.25, 0.3) is 0 Å². The number of amides is 1. The number of fused-ring (bicyclic) bond motifs is 1. The molecule has 8 heteroatoms. The van der Waals surface area contributed by atoms with Gasteiger partial charge < -0.3 is 15.6 Å². The van der Waals surface area contributed by atoms with Crippen LogP contribution in [0.2, 0.25) is 0 Å². The van der Waals surface area contributed by atoms with Gasteiger partial charge in [-0.15, -0.1) is 0 Å². The van der Waals surface area contributed by atoms with Crippen molar-refractivity contribution in [3.05, 3.63) is 12.7 Å². The summed E-state index contributed by atoms with van der Waals surface area (Å²) in [6.45, 7) is 0.0111. The Morgan fingerprint density at radius 1 is 1.53 bits per heavy atom. The van der Waals surface area contributed by atoms with Crippen molar-refractivity contribution in [3.63, 3.8) is 0 Å². The summed E-state index contributed by atoms with van der Waals surface area (Å²) in [5, 5.41) is 10.8. The smallest absolute Gasteiger partial charge is 0.240 e. The minimum absolute atomic E-state index is 0.0252. The normalized spacial score (nSPS) is 10.1. The Morgan fingerprint density at radius 3 is 3.12 bits per heavy atom. The van der Waals surface area contributed by atoms with Crippen molar-refractivity contribution in [2.24, 2.45) is 0 Å². The van der Waals surface area contributed by atoms with Crippen molar-refractivity contribution < 1.29 is 4.79 Å². The van der Waals surface area contributed by atoms with Gasteiger partial charge in [-0.1, -0.05) is 0 Å². The topological polar surface area (TPSA) is 123 Å². The van der Waals surface area contributed by atoms with Gasteiger partial charge in [-0.05, 0) is 0 Å². The third-order valence-corrected chi connectivity index (χ3v) is 2.11. The van der Waals surface area contributed by atoms with E-state index in [2.05, 4.69) is 20.3 Å². The maximum atomic E-state index is 11.4. The third kappa shape index (κ3) is 2.12. The molecule has 0 aromatic carbocycles. The Kier molecular flexibility index (Phi) is 2.83. The lowest BCUT2D eigenvalue weighted by Gasteiger charge is -2.02. The molecule has 0 saturated heterocycles. The molecule has 86 valence electrons. The third-order valence-electron chi connectivity index (χ3n) is 2.11. The van der Waals surface area contributed by atoms with Crippen molar-refractivity contribution >= 4 is 22.9 Å². The first-order valence-electron chi connectivity index (χ1n) is 4.77. The fourth-order valence-electron chi connectivity index (χ4n) is 1.36. The molecular formula is C9H9N7O. The number of nitrogens with two attached hydrogens (primary N) is 1. The number of carbonyl (C=O) groups excluding carboxylic acids is 1. The van der Waals surface area contributed by atoms with E-state index in [1.165, 1.54) is 12.7 Å². The van der Waals surface area contributed by atoms with E-state index in [9.17, 15) is 4.79 Å². The van der Waals surface area contributed by atoms with Gasteiger partial charge in [0.05, 0.1) is 12.4 Å². The molecule has 1 amide bonds. The summed E-state index contributed by atoms with van der Waals surface area (Å²) in [4.78, 5) is 23.2. The molecule has 0 saturated carbocycles. The summed E-state index contributed by atoms with van der Waals surface area (Å²) in [7, 11) is 0. The molecule has 0 bridgehead atoms. The summed E-state index contributed by atoms with van der Waals surface area (Å²) in [5.41, 5.74) is 6.56. The predicted molar refractivity (Wildman–Crippen MR) is 58.4 cm³/mol. The molecule has 0 atom stereocenters. The van der Waals surface area contributed by atoms with Crippen LogP contribution < -0.4 is 11.1 Å². The van der Waals surface area contributed by atoms with Gasteiger partial charge in [-0.2, -0.15) is 5.26 Å². The van der Waals surface area contributed by atoms with Crippen LogP contribution in [0.4, 0.5) is 5.82 Å². The largest absolute Gasteiger partial charge is 0.382 e. The fourth-order valence-corrected chi connectivity index (χ4v) is 1.36. The van der Waals surface area contributed by atoms with E-state index in [0.29, 0.717) is 11.2 Å². The zero-order valence-corrected chi connectivity index (χ0v) is 8.79. The maximum Gasteiger partial charge on any atom is 0.240 e. The number of hydrogen-bond donors (Lipinski definition) is 2. The highest BCUT2D eigenvalue weighted by atomic mass is 16.1. The number of nitrogens with one attached hydrogen (secondary N) is 1. The van der Waals surface area contributed by atoms with E-state index in [1.54, 1.807) is 4.57 Å². The molecular weight excluding hydrogens is 222 g/mol. The number of carbonyl (C=O) groups is 1. The average Bonchev–Trinajstić information content (AvgIpc) is 2.71. The lowest BCUT2D eigenvalue weighted by atomic mass is 10.5. The highest BCUT2D eigenvalue weighted by molar-refractivity contribution is 5.83. The summed E-state index contributed by atoms with van der Waals surface area (Å²) in [6, 6.07) is 1.82. The second kappa shape index (κ2) is 4.44. The van der Waals surface area contributed by atoms with Crippen LogP contribution in [0, 0.1) is 11.3 Å². The molecule has 8 nitrogen and oxygen atoms in total. The summed E-state index contributed by atoms with van der Waals surface area (Å²) >= 11 is 0. The van der Waals surface area contributed by atoms with Gasteiger partial charge in [0.15, 0.2) is 11.5 Å². The number of anilines is 1. The first-order chi connectivity index (χ1) is 8.22. The van der Waals surface area contributed by atoms with Crippen molar-refractivity contribution in [1.82, 2.24) is 24.8 Å². The molecule has 0 unspecified atom stereocenters.